The lowest BCUT2D eigenvalue weighted by atomic mass is 10.1. The normalized spacial score (nSPS) is 30.1. The lowest BCUT2D eigenvalue weighted by Crippen LogP contribution is -2.58. The maximum atomic E-state index is 12.2. The molecule has 0 amide bonds. The summed E-state index contributed by atoms with van der Waals surface area (Å²) in [6.45, 7) is 6.77. The van der Waals surface area contributed by atoms with Crippen molar-refractivity contribution < 1.29 is 8.42 Å². The molecule has 0 aromatic heterocycles. The van der Waals surface area contributed by atoms with Crippen LogP contribution < -0.4 is 0 Å². The second-order valence-corrected chi connectivity index (χ2v) is 8.30. The third-order valence-corrected chi connectivity index (χ3v) is 6.77. The first-order valence-electron chi connectivity index (χ1n) is 6.71. The van der Waals surface area contributed by atoms with E-state index >= 15 is 0 Å². The van der Waals surface area contributed by atoms with E-state index in [-0.39, 0.29) is 10.8 Å². The fourth-order valence-corrected chi connectivity index (χ4v) is 5.05. The molecule has 1 heterocycles. The molecule has 3 aliphatic rings. The Morgan fingerprint density at radius 2 is 1.82 bits per heavy atom. The number of nitrogens with zero attached hydrogens (tertiary/aromatic N) is 2. The Hall–Kier alpha value is -0.130. The van der Waals surface area contributed by atoms with E-state index in [0.29, 0.717) is 12.6 Å². The summed E-state index contributed by atoms with van der Waals surface area (Å²) in [4.78, 5) is 2.51. The summed E-state index contributed by atoms with van der Waals surface area (Å²) in [6, 6.07) is 0.531. The highest BCUT2D eigenvalue weighted by molar-refractivity contribution is 7.90. The molecule has 0 radical (unpaired) electrons. The standard InChI is InChI=1S/C12H22N2O2S/c1-10(2)14-8-7-13(9-12(14)5-6-12)17(15,16)11-3-4-11/h10-11H,3-9H2,1-2H3. The molecule has 0 atom stereocenters. The van der Waals surface area contributed by atoms with Gasteiger partial charge >= 0.3 is 0 Å². The predicted octanol–water partition coefficient (Wildman–Crippen LogP) is 1.04. The van der Waals surface area contributed by atoms with Crippen LogP contribution in [-0.2, 0) is 10.0 Å². The summed E-state index contributed by atoms with van der Waals surface area (Å²) >= 11 is 0. The Kier molecular flexibility index (Phi) is 2.58. The van der Waals surface area contributed by atoms with Gasteiger partial charge in [-0.25, -0.2) is 8.42 Å². The summed E-state index contributed by atoms with van der Waals surface area (Å²) in [7, 11) is -2.96. The van der Waals surface area contributed by atoms with Crippen LogP contribution in [0, 0.1) is 0 Å². The Morgan fingerprint density at radius 3 is 2.29 bits per heavy atom. The fraction of sp³-hybridized carbons (Fsp3) is 1.00. The zero-order valence-electron chi connectivity index (χ0n) is 10.7. The first kappa shape index (κ1) is 11.9. The molecule has 5 heteroatoms. The Labute approximate surface area is 104 Å². The molecule has 98 valence electrons. The van der Waals surface area contributed by atoms with Crippen molar-refractivity contribution in [3.63, 3.8) is 0 Å². The van der Waals surface area contributed by atoms with Crippen molar-refractivity contribution in [3.05, 3.63) is 0 Å². The predicted molar refractivity (Wildman–Crippen MR) is 67.3 cm³/mol. The molecule has 0 bridgehead atoms. The lowest BCUT2D eigenvalue weighted by Gasteiger charge is -2.43. The second kappa shape index (κ2) is 3.68. The number of rotatable bonds is 3. The molecular weight excluding hydrogens is 236 g/mol. The van der Waals surface area contributed by atoms with Gasteiger partial charge in [-0.1, -0.05) is 0 Å². The van der Waals surface area contributed by atoms with Crippen molar-refractivity contribution in [3.8, 4) is 0 Å². The number of hydrogen-bond donors (Lipinski definition) is 0. The van der Waals surface area contributed by atoms with Gasteiger partial charge in [0.15, 0.2) is 0 Å². The smallest absolute Gasteiger partial charge is 0.217 e. The van der Waals surface area contributed by atoms with Gasteiger partial charge < -0.3 is 0 Å². The summed E-state index contributed by atoms with van der Waals surface area (Å²) in [5.41, 5.74) is 0.189. The lowest BCUT2D eigenvalue weighted by molar-refractivity contribution is 0.0710. The van der Waals surface area contributed by atoms with E-state index in [1.54, 1.807) is 4.31 Å². The molecule has 0 aromatic carbocycles. The topological polar surface area (TPSA) is 40.6 Å². The number of sulfonamides is 1. The molecule has 2 saturated carbocycles. The summed E-state index contributed by atoms with van der Waals surface area (Å²) in [6.07, 6.45) is 4.09. The summed E-state index contributed by atoms with van der Waals surface area (Å²) < 4.78 is 26.3. The van der Waals surface area contributed by atoms with E-state index in [9.17, 15) is 8.42 Å². The zero-order valence-corrected chi connectivity index (χ0v) is 11.5. The largest absolute Gasteiger partial charge is 0.293 e. The molecule has 1 aliphatic heterocycles. The molecule has 4 nitrogen and oxygen atoms in total. The molecule has 0 unspecified atom stereocenters. The quantitative estimate of drug-likeness (QED) is 0.759. The maximum Gasteiger partial charge on any atom is 0.217 e. The molecule has 3 rings (SSSR count). The molecular formula is C12H22N2O2S. The van der Waals surface area contributed by atoms with E-state index in [1.807, 2.05) is 0 Å². The van der Waals surface area contributed by atoms with E-state index in [1.165, 1.54) is 12.8 Å². The third kappa shape index (κ3) is 1.92. The van der Waals surface area contributed by atoms with Crippen LogP contribution in [-0.4, -0.2) is 54.1 Å². The second-order valence-electron chi connectivity index (χ2n) is 6.09. The van der Waals surface area contributed by atoms with Crippen molar-refractivity contribution in [2.45, 2.75) is 56.4 Å². The van der Waals surface area contributed by atoms with Crippen molar-refractivity contribution in [2.24, 2.45) is 0 Å². The Bertz CT molecular complexity index is 410. The molecule has 0 N–H and O–H groups in total. The average Bonchev–Trinajstić information content (AvgIpc) is 3.09. The van der Waals surface area contributed by atoms with Crippen LogP contribution in [0.4, 0.5) is 0 Å². The number of piperazine rings is 1. The minimum Gasteiger partial charge on any atom is -0.293 e. The van der Waals surface area contributed by atoms with Crippen LogP contribution in [0.5, 0.6) is 0 Å². The maximum absolute atomic E-state index is 12.2. The highest BCUT2D eigenvalue weighted by atomic mass is 32.2. The van der Waals surface area contributed by atoms with Crippen LogP contribution >= 0.6 is 0 Å². The first-order chi connectivity index (χ1) is 7.96. The minimum atomic E-state index is -2.96. The SMILES string of the molecule is CC(C)N1CCN(S(=O)(=O)C2CC2)CC12CC2. The van der Waals surface area contributed by atoms with Crippen LogP contribution in [0.2, 0.25) is 0 Å². The van der Waals surface area contributed by atoms with Gasteiger partial charge in [-0.15, -0.1) is 0 Å². The number of hydrogen-bond acceptors (Lipinski definition) is 3. The molecule has 17 heavy (non-hydrogen) atoms. The van der Waals surface area contributed by atoms with E-state index in [2.05, 4.69) is 18.7 Å². The Morgan fingerprint density at radius 1 is 1.18 bits per heavy atom. The van der Waals surface area contributed by atoms with Crippen LogP contribution in [0.1, 0.15) is 39.5 Å². The van der Waals surface area contributed by atoms with Gasteiger partial charge in [0.25, 0.3) is 0 Å². The third-order valence-electron chi connectivity index (χ3n) is 4.43. The molecule has 2 aliphatic carbocycles. The minimum absolute atomic E-state index is 0.0519. The van der Waals surface area contributed by atoms with Gasteiger partial charge in [-0.2, -0.15) is 4.31 Å². The van der Waals surface area contributed by atoms with Gasteiger partial charge in [0, 0.05) is 31.2 Å². The zero-order chi connectivity index (χ0) is 12.3. The van der Waals surface area contributed by atoms with E-state index < -0.39 is 10.0 Å². The first-order valence-corrected chi connectivity index (χ1v) is 8.22. The molecule has 1 spiro atoms. The molecule has 0 aromatic rings. The summed E-state index contributed by atoms with van der Waals surface area (Å²) in [5.74, 6) is 0. The molecule has 3 fully saturated rings. The van der Waals surface area contributed by atoms with Crippen molar-refractivity contribution >= 4 is 10.0 Å². The van der Waals surface area contributed by atoms with Crippen LogP contribution in [0.15, 0.2) is 0 Å². The molecule has 1 saturated heterocycles. The van der Waals surface area contributed by atoms with Gasteiger partial charge in [-0.05, 0) is 39.5 Å². The van der Waals surface area contributed by atoms with Crippen molar-refractivity contribution in [2.75, 3.05) is 19.6 Å². The highest BCUT2D eigenvalue weighted by Crippen LogP contribution is 2.46. The average molecular weight is 258 g/mol. The van der Waals surface area contributed by atoms with E-state index in [0.717, 1.165) is 25.9 Å². The monoisotopic (exact) mass is 258 g/mol. The van der Waals surface area contributed by atoms with E-state index in [4.69, 9.17) is 0 Å². The van der Waals surface area contributed by atoms with Crippen LogP contribution in [0.3, 0.4) is 0 Å². The van der Waals surface area contributed by atoms with Crippen molar-refractivity contribution in [1.82, 2.24) is 9.21 Å². The van der Waals surface area contributed by atoms with Gasteiger partial charge in [0.1, 0.15) is 0 Å². The van der Waals surface area contributed by atoms with Gasteiger partial charge in [0.05, 0.1) is 5.25 Å². The van der Waals surface area contributed by atoms with Gasteiger partial charge in [0.2, 0.25) is 10.0 Å². The highest BCUT2D eigenvalue weighted by Gasteiger charge is 2.55. The fourth-order valence-electron chi connectivity index (χ4n) is 3.14. The van der Waals surface area contributed by atoms with Gasteiger partial charge in [-0.3, -0.25) is 4.90 Å². The van der Waals surface area contributed by atoms with Crippen molar-refractivity contribution in [1.29, 1.82) is 0 Å². The summed E-state index contributed by atoms with van der Waals surface area (Å²) in [5, 5.41) is -0.0519. The Balaban J connectivity index is 1.76. The van der Waals surface area contributed by atoms with Crippen LogP contribution in [0.25, 0.3) is 0 Å².